The van der Waals surface area contributed by atoms with E-state index in [0.29, 0.717) is 17.7 Å². The summed E-state index contributed by atoms with van der Waals surface area (Å²) in [7, 11) is 1.31. The van der Waals surface area contributed by atoms with E-state index in [0.717, 1.165) is 17.8 Å². The Morgan fingerprint density at radius 1 is 1.11 bits per heavy atom. The van der Waals surface area contributed by atoms with Crippen LogP contribution in [0.25, 0.3) is 5.69 Å². The minimum atomic E-state index is -0.465. The van der Waals surface area contributed by atoms with Gasteiger partial charge in [0, 0.05) is 5.69 Å². The van der Waals surface area contributed by atoms with Crippen molar-refractivity contribution in [2.45, 2.75) is 19.8 Å². The Morgan fingerprint density at radius 3 is 2.59 bits per heavy atom. The molecule has 3 aromatic rings. The number of anilines is 1. The van der Waals surface area contributed by atoms with Crippen molar-refractivity contribution < 1.29 is 14.3 Å². The summed E-state index contributed by atoms with van der Waals surface area (Å²) in [5.41, 5.74) is 2.70. The van der Waals surface area contributed by atoms with E-state index in [-0.39, 0.29) is 11.6 Å². The van der Waals surface area contributed by atoms with Gasteiger partial charge in [-0.2, -0.15) is 0 Å². The fourth-order valence-electron chi connectivity index (χ4n) is 2.75. The number of carbonyl (C=O) groups excluding carboxylic acids is 2. The highest BCUT2D eigenvalue weighted by Gasteiger charge is 2.20. The molecule has 0 saturated carbocycles. The lowest BCUT2D eigenvalue weighted by Crippen LogP contribution is -2.16. The molecule has 3 rings (SSSR count). The third-order valence-corrected chi connectivity index (χ3v) is 4.01. The number of para-hydroxylation sites is 1. The molecule has 0 aliphatic rings. The first kappa shape index (κ1) is 18.3. The normalized spacial score (nSPS) is 10.4. The number of carbonyl (C=O) groups is 2. The van der Waals surface area contributed by atoms with Crippen molar-refractivity contribution in [2.24, 2.45) is 0 Å². The maximum absolute atomic E-state index is 12.8. The molecule has 138 valence electrons. The van der Waals surface area contributed by atoms with E-state index in [1.807, 2.05) is 37.3 Å². The molecular weight excluding hydrogens is 344 g/mol. The first-order chi connectivity index (χ1) is 13.1. The monoisotopic (exact) mass is 364 g/mol. The molecule has 27 heavy (non-hydrogen) atoms. The smallest absolute Gasteiger partial charge is 0.337 e. The van der Waals surface area contributed by atoms with E-state index in [9.17, 15) is 9.59 Å². The van der Waals surface area contributed by atoms with Gasteiger partial charge in [0.05, 0.1) is 24.1 Å². The second-order valence-electron chi connectivity index (χ2n) is 5.91. The van der Waals surface area contributed by atoms with Gasteiger partial charge in [-0.15, -0.1) is 5.10 Å². The van der Waals surface area contributed by atoms with Crippen LogP contribution in [0, 0.1) is 0 Å². The van der Waals surface area contributed by atoms with E-state index in [1.54, 1.807) is 28.9 Å². The third-order valence-electron chi connectivity index (χ3n) is 4.01. The van der Waals surface area contributed by atoms with Crippen LogP contribution in [-0.4, -0.2) is 34.0 Å². The SMILES string of the molecule is CCCc1c(C(=O)Nc2cccc(C(=O)OC)c2)nnn1-c1ccccc1. The molecule has 2 aromatic carbocycles. The number of amides is 1. The van der Waals surface area contributed by atoms with Crippen molar-refractivity contribution in [2.75, 3.05) is 12.4 Å². The zero-order valence-corrected chi connectivity index (χ0v) is 15.2. The summed E-state index contributed by atoms with van der Waals surface area (Å²) in [6.07, 6.45) is 1.51. The highest BCUT2D eigenvalue weighted by molar-refractivity contribution is 6.04. The quantitative estimate of drug-likeness (QED) is 0.679. The van der Waals surface area contributed by atoms with Gasteiger partial charge < -0.3 is 10.1 Å². The van der Waals surface area contributed by atoms with Crippen molar-refractivity contribution >= 4 is 17.6 Å². The highest BCUT2D eigenvalue weighted by Crippen LogP contribution is 2.17. The molecule has 0 saturated heterocycles. The summed E-state index contributed by atoms with van der Waals surface area (Å²) in [5.74, 6) is -0.838. The van der Waals surface area contributed by atoms with E-state index in [4.69, 9.17) is 4.74 Å². The number of rotatable bonds is 6. The Balaban J connectivity index is 1.89. The summed E-state index contributed by atoms with van der Waals surface area (Å²) in [5, 5.41) is 11.0. The average molecular weight is 364 g/mol. The molecule has 0 fully saturated rings. The van der Waals surface area contributed by atoms with Crippen molar-refractivity contribution in [3.05, 3.63) is 71.5 Å². The number of hydrogen-bond acceptors (Lipinski definition) is 5. The molecule has 0 aliphatic carbocycles. The molecule has 0 spiro atoms. The van der Waals surface area contributed by atoms with Crippen LogP contribution in [0.3, 0.4) is 0 Å². The predicted molar refractivity (Wildman–Crippen MR) is 101 cm³/mol. The van der Waals surface area contributed by atoms with Gasteiger partial charge >= 0.3 is 5.97 Å². The molecule has 7 nitrogen and oxygen atoms in total. The Morgan fingerprint density at radius 2 is 1.89 bits per heavy atom. The standard InChI is InChI=1S/C20H20N4O3/c1-3-8-17-18(22-23-24(17)16-11-5-4-6-12-16)19(25)21-15-10-7-9-14(13-15)20(26)27-2/h4-7,9-13H,3,8H2,1-2H3,(H,21,25). The molecule has 0 aliphatic heterocycles. The summed E-state index contributed by atoms with van der Waals surface area (Å²) >= 11 is 0. The molecule has 0 bridgehead atoms. The molecular formula is C20H20N4O3. The molecule has 0 radical (unpaired) electrons. The molecule has 0 atom stereocenters. The fraction of sp³-hybridized carbons (Fsp3) is 0.200. The second-order valence-corrected chi connectivity index (χ2v) is 5.91. The second kappa shape index (κ2) is 8.27. The summed E-state index contributed by atoms with van der Waals surface area (Å²) in [6, 6.07) is 16.1. The van der Waals surface area contributed by atoms with Gasteiger partial charge in [-0.25, -0.2) is 9.48 Å². The van der Waals surface area contributed by atoms with Gasteiger partial charge in [-0.1, -0.05) is 42.8 Å². The number of methoxy groups -OCH3 is 1. The Kier molecular flexibility index (Phi) is 5.61. The van der Waals surface area contributed by atoms with Crippen molar-refractivity contribution in [1.29, 1.82) is 0 Å². The largest absolute Gasteiger partial charge is 0.465 e. The van der Waals surface area contributed by atoms with Crippen LogP contribution in [0.2, 0.25) is 0 Å². The highest BCUT2D eigenvalue weighted by atomic mass is 16.5. The minimum Gasteiger partial charge on any atom is -0.465 e. The number of benzene rings is 2. The van der Waals surface area contributed by atoms with Crippen LogP contribution in [0.1, 0.15) is 39.9 Å². The van der Waals surface area contributed by atoms with Crippen LogP contribution in [0.4, 0.5) is 5.69 Å². The number of hydrogen-bond donors (Lipinski definition) is 1. The van der Waals surface area contributed by atoms with Gasteiger partial charge in [-0.3, -0.25) is 4.79 Å². The molecule has 0 unspecified atom stereocenters. The maximum atomic E-state index is 12.8. The number of ether oxygens (including phenoxy) is 1. The number of esters is 1. The van der Waals surface area contributed by atoms with Gasteiger partial charge in [-0.05, 0) is 36.8 Å². The van der Waals surface area contributed by atoms with E-state index < -0.39 is 5.97 Å². The van der Waals surface area contributed by atoms with E-state index in [2.05, 4.69) is 15.6 Å². The number of aromatic nitrogens is 3. The zero-order valence-electron chi connectivity index (χ0n) is 15.2. The maximum Gasteiger partial charge on any atom is 0.337 e. The zero-order chi connectivity index (χ0) is 19.2. The average Bonchev–Trinajstić information content (AvgIpc) is 3.12. The summed E-state index contributed by atoms with van der Waals surface area (Å²) < 4.78 is 6.39. The fourth-order valence-corrected chi connectivity index (χ4v) is 2.75. The van der Waals surface area contributed by atoms with Gasteiger partial charge in [0.1, 0.15) is 0 Å². The van der Waals surface area contributed by atoms with Crippen molar-refractivity contribution in [1.82, 2.24) is 15.0 Å². The predicted octanol–water partition coefficient (Wildman–Crippen LogP) is 3.26. The van der Waals surface area contributed by atoms with E-state index >= 15 is 0 Å². The van der Waals surface area contributed by atoms with Gasteiger partial charge in [0.2, 0.25) is 0 Å². The van der Waals surface area contributed by atoms with Gasteiger partial charge in [0.15, 0.2) is 5.69 Å². The van der Waals surface area contributed by atoms with Crippen LogP contribution >= 0.6 is 0 Å². The Hall–Kier alpha value is -3.48. The molecule has 1 heterocycles. The Bertz CT molecular complexity index is 951. The minimum absolute atomic E-state index is 0.268. The lowest BCUT2D eigenvalue weighted by atomic mass is 10.1. The molecule has 1 N–H and O–H groups in total. The van der Waals surface area contributed by atoms with Crippen LogP contribution in [-0.2, 0) is 11.2 Å². The van der Waals surface area contributed by atoms with Crippen LogP contribution in [0.15, 0.2) is 54.6 Å². The lowest BCUT2D eigenvalue weighted by molar-refractivity contribution is 0.0600. The molecule has 1 amide bonds. The molecule has 7 heteroatoms. The molecule has 1 aromatic heterocycles. The van der Waals surface area contributed by atoms with E-state index in [1.165, 1.54) is 7.11 Å². The first-order valence-electron chi connectivity index (χ1n) is 8.63. The number of nitrogens with zero attached hydrogens (tertiary/aromatic N) is 3. The lowest BCUT2D eigenvalue weighted by Gasteiger charge is -2.08. The summed E-state index contributed by atoms with van der Waals surface area (Å²) in [6.45, 7) is 2.03. The summed E-state index contributed by atoms with van der Waals surface area (Å²) in [4.78, 5) is 24.4. The Labute approximate surface area is 157 Å². The van der Waals surface area contributed by atoms with Crippen molar-refractivity contribution in [3.8, 4) is 5.69 Å². The number of nitrogens with one attached hydrogen (secondary N) is 1. The van der Waals surface area contributed by atoms with Crippen LogP contribution < -0.4 is 5.32 Å². The van der Waals surface area contributed by atoms with Crippen LogP contribution in [0.5, 0.6) is 0 Å². The third kappa shape index (κ3) is 4.03. The van der Waals surface area contributed by atoms with Crippen molar-refractivity contribution in [3.63, 3.8) is 0 Å². The van der Waals surface area contributed by atoms with Gasteiger partial charge in [0.25, 0.3) is 5.91 Å². The first-order valence-corrected chi connectivity index (χ1v) is 8.63. The topological polar surface area (TPSA) is 86.1 Å².